The number of aromatic nitrogens is 2. The molecule has 0 bridgehead atoms. The van der Waals surface area contributed by atoms with E-state index < -0.39 is 0 Å². The second-order valence-electron chi connectivity index (χ2n) is 5.61. The van der Waals surface area contributed by atoms with Gasteiger partial charge in [0.05, 0.1) is 5.69 Å². The van der Waals surface area contributed by atoms with Gasteiger partial charge in [-0.05, 0) is 30.5 Å². The number of aryl methyl sites for hydroxylation is 1. The third-order valence-corrected chi connectivity index (χ3v) is 4.50. The summed E-state index contributed by atoms with van der Waals surface area (Å²) >= 11 is 5.98. The smallest absolute Gasteiger partial charge is 0.129 e. The van der Waals surface area contributed by atoms with Gasteiger partial charge in [0.25, 0.3) is 0 Å². The number of anilines is 1. The second-order valence-corrected chi connectivity index (χ2v) is 6.05. The third kappa shape index (κ3) is 2.42. The number of hydrogen-bond donors (Lipinski definition) is 1. The zero-order valence-corrected chi connectivity index (χ0v) is 12.5. The van der Waals surface area contributed by atoms with Gasteiger partial charge in [-0.3, -0.25) is 4.68 Å². The van der Waals surface area contributed by atoms with E-state index in [2.05, 4.69) is 0 Å². The predicted molar refractivity (Wildman–Crippen MR) is 83.9 cm³/mol. The maximum absolute atomic E-state index is 6.25. The largest absolute Gasteiger partial charge is 0.383 e. The summed E-state index contributed by atoms with van der Waals surface area (Å²) in [5.74, 6) is 1.28. The number of nitrogens with zero attached hydrogens (tertiary/aromatic N) is 2. The van der Waals surface area contributed by atoms with Gasteiger partial charge in [0.2, 0.25) is 0 Å². The topological polar surface area (TPSA) is 43.8 Å². The minimum absolute atomic E-state index is 0.540. The molecule has 0 saturated heterocycles. The van der Waals surface area contributed by atoms with Crippen molar-refractivity contribution in [3.63, 3.8) is 0 Å². The second kappa shape index (κ2) is 5.49. The Balaban J connectivity index is 2.06. The minimum atomic E-state index is 0.540. The Labute approximate surface area is 124 Å². The molecule has 1 saturated carbocycles. The summed E-state index contributed by atoms with van der Waals surface area (Å²) in [6.07, 6.45) is 6.37. The number of rotatable bonds is 2. The van der Waals surface area contributed by atoms with Crippen LogP contribution in [0.5, 0.6) is 0 Å². The van der Waals surface area contributed by atoms with Crippen molar-refractivity contribution in [1.82, 2.24) is 9.78 Å². The molecule has 1 heterocycles. The summed E-state index contributed by atoms with van der Waals surface area (Å²) in [7, 11) is 1.92. The fraction of sp³-hybridized carbons (Fsp3) is 0.438. The van der Waals surface area contributed by atoms with Gasteiger partial charge in [-0.2, -0.15) is 5.10 Å². The summed E-state index contributed by atoms with van der Waals surface area (Å²) in [4.78, 5) is 0. The number of benzene rings is 1. The molecule has 0 amide bonds. The van der Waals surface area contributed by atoms with Gasteiger partial charge in [0.1, 0.15) is 5.82 Å². The molecule has 1 aromatic heterocycles. The van der Waals surface area contributed by atoms with E-state index in [9.17, 15) is 0 Å². The lowest BCUT2D eigenvalue weighted by Gasteiger charge is -2.21. The first-order valence-corrected chi connectivity index (χ1v) is 7.63. The fourth-order valence-corrected chi connectivity index (χ4v) is 3.26. The molecule has 3 nitrogen and oxygen atoms in total. The molecule has 0 unspecified atom stereocenters. The molecule has 2 aromatic rings. The molecule has 0 spiro atoms. The number of nitrogens with two attached hydrogens (primary N) is 1. The highest BCUT2D eigenvalue weighted by Crippen LogP contribution is 2.40. The zero-order chi connectivity index (χ0) is 14.1. The Morgan fingerprint density at radius 1 is 1.15 bits per heavy atom. The van der Waals surface area contributed by atoms with E-state index in [0.717, 1.165) is 27.7 Å². The summed E-state index contributed by atoms with van der Waals surface area (Å²) in [5, 5.41) is 5.44. The van der Waals surface area contributed by atoms with Crippen molar-refractivity contribution in [1.29, 1.82) is 0 Å². The Kier molecular flexibility index (Phi) is 3.70. The average molecular weight is 290 g/mol. The van der Waals surface area contributed by atoms with Crippen LogP contribution in [0.2, 0.25) is 5.02 Å². The Morgan fingerprint density at radius 3 is 2.45 bits per heavy atom. The van der Waals surface area contributed by atoms with Crippen LogP contribution < -0.4 is 5.73 Å². The minimum Gasteiger partial charge on any atom is -0.383 e. The van der Waals surface area contributed by atoms with Gasteiger partial charge in [0.15, 0.2) is 0 Å². The van der Waals surface area contributed by atoms with Crippen molar-refractivity contribution in [3.05, 3.63) is 35.0 Å². The molecule has 2 N–H and O–H groups in total. The van der Waals surface area contributed by atoms with E-state index >= 15 is 0 Å². The van der Waals surface area contributed by atoms with E-state index in [1.165, 1.54) is 32.1 Å². The quantitative estimate of drug-likeness (QED) is 0.892. The molecule has 4 heteroatoms. The molecule has 106 valence electrons. The van der Waals surface area contributed by atoms with Crippen molar-refractivity contribution < 1.29 is 0 Å². The van der Waals surface area contributed by atoms with Crippen molar-refractivity contribution in [2.75, 3.05) is 5.73 Å². The molecule has 1 fully saturated rings. The normalized spacial score (nSPS) is 16.5. The van der Waals surface area contributed by atoms with Crippen LogP contribution in [0.15, 0.2) is 24.3 Å². The highest BCUT2D eigenvalue weighted by molar-refractivity contribution is 6.30. The lowest BCUT2D eigenvalue weighted by molar-refractivity contribution is 0.434. The van der Waals surface area contributed by atoms with Gasteiger partial charge < -0.3 is 5.73 Å². The number of hydrogen-bond acceptors (Lipinski definition) is 2. The van der Waals surface area contributed by atoms with Crippen molar-refractivity contribution in [2.24, 2.45) is 7.05 Å². The first kappa shape index (κ1) is 13.5. The van der Waals surface area contributed by atoms with Crippen molar-refractivity contribution in [3.8, 4) is 11.1 Å². The molecule has 3 rings (SSSR count). The molecule has 0 aliphatic heterocycles. The van der Waals surface area contributed by atoms with E-state index in [1.807, 2.05) is 31.3 Å². The van der Waals surface area contributed by atoms with Gasteiger partial charge in [0, 0.05) is 23.6 Å². The van der Waals surface area contributed by atoms with E-state index in [1.54, 1.807) is 4.68 Å². The third-order valence-electron chi connectivity index (χ3n) is 4.24. The summed E-state index contributed by atoms with van der Waals surface area (Å²) < 4.78 is 1.80. The van der Waals surface area contributed by atoms with Crippen molar-refractivity contribution >= 4 is 17.4 Å². The van der Waals surface area contributed by atoms with Crippen molar-refractivity contribution in [2.45, 2.75) is 38.0 Å². The van der Waals surface area contributed by atoms with E-state index in [0.29, 0.717) is 5.92 Å². The zero-order valence-electron chi connectivity index (χ0n) is 11.8. The van der Waals surface area contributed by atoms with Crippen LogP contribution in [0.4, 0.5) is 5.82 Å². The van der Waals surface area contributed by atoms with Crippen LogP contribution in [-0.2, 0) is 7.05 Å². The van der Waals surface area contributed by atoms with Crippen LogP contribution in [-0.4, -0.2) is 9.78 Å². The van der Waals surface area contributed by atoms with Crippen LogP contribution in [0.3, 0.4) is 0 Å². The first-order valence-electron chi connectivity index (χ1n) is 7.25. The van der Waals surface area contributed by atoms with Gasteiger partial charge in [-0.15, -0.1) is 0 Å². The highest BCUT2D eigenvalue weighted by Gasteiger charge is 2.24. The van der Waals surface area contributed by atoms with Gasteiger partial charge in [-0.1, -0.05) is 43.0 Å². The molecule has 20 heavy (non-hydrogen) atoms. The maximum Gasteiger partial charge on any atom is 0.129 e. The SMILES string of the molecule is Cn1nc(C2CCCCC2)c(-c2ccc(Cl)cc2)c1N. The lowest BCUT2D eigenvalue weighted by Crippen LogP contribution is -2.06. The Hall–Kier alpha value is -1.48. The maximum atomic E-state index is 6.25. The number of nitrogen functional groups attached to an aromatic ring is 1. The lowest BCUT2D eigenvalue weighted by atomic mass is 9.84. The standard InChI is InChI=1S/C16H20ClN3/c1-20-16(18)14(11-7-9-13(17)10-8-11)15(19-20)12-5-3-2-4-6-12/h7-10,12H,2-6,18H2,1H3. The van der Waals surface area contributed by atoms with Gasteiger partial charge >= 0.3 is 0 Å². The highest BCUT2D eigenvalue weighted by atomic mass is 35.5. The molecular formula is C16H20ClN3. The molecule has 0 radical (unpaired) electrons. The fourth-order valence-electron chi connectivity index (χ4n) is 3.13. The Bertz CT molecular complexity index is 595. The first-order chi connectivity index (χ1) is 9.66. The number of halogens is 1. The van der Waals surface area contributed by atoms with Crippen LogP contribution in [0.25, 0.3) is 11.1 Å². The van der Waals surface area contributed by atoms with Crippen LogP contribution in [0, 0.1) is 0 Å². The summed E-state index contributed by atoms with van der Waals surface area (Å²) in [5.41, 5.74) is 9.61. The molecule has 0 atom stereocenters. The van der Waals surface area contributed by atoms with E-state index in [-0.39, 0.29) is 0 Å². The molecule has 1 aliphatic rings. The molecule has 1 aliphatic carbocycles. The molecule has 1 aromatic carbocycles. The predicted octanol–water partition coefficient (Wildman–Crippen LogP) is 4.37. The van der Waals surface area contributed by atoms with E-state index in [4.69, 9.17) is 22.4 Å². The van der Waals surface area contributed by atoms with Crippen LogP contribution in [0.1, 0.15) is 43.7 Å². The summed E-state index contributed by atoms with van der Waals surface area (Å²) in [6.45, 7) is 0. The summed E-state index contributed by atoms with van der Waals surface area (Å²) in [6, 6.07) is 7.88. The van der Waals surface area contributed by atoms with Gasteiger partial charge in [-0.25, -0.2) is 0 Å². The monoisotopic (exact) mass is 289 g/mol. The average Bonchev–Trinajstić information content (AvgIpc) is 2.77. The Morgan fingerprint density at radius 2 is 1.80 bits per heavy atom. The van der Waals surface area contributed by atoms with Crippen LogP contribution >= 0.6 is 11.6 Å². The molecular weight excluding hydrogens is 270 g/mol.